The van der Waals surface area contributed by atoms with Gasteiger partial charge in [0.25, 0.3) is 0 Å². The second kappa shape index (κ2) is 10.2. The number of guanidine groups is 1. The van der Waals surface area contributed by atoms with E-state index < -0.39 is 0 Å². The van der Waals surface area contributed by atoms with Gasteiger partial charge in [-0.25, -0.2) is 4.99 Å². The number of amides is 1. The molecule has 1 saturated heterocycles. The third kappa shape index (κ3) is 7.36. The number of nitrogens with zero attached hydrogens (tertiary/aromatic N) is 2. The fraction of sp³-hybridized carbons (Fsp3) is 0.619. The number of carbonyl (C=O) groups is 1. The highest BCUT2D eigenvalue weighted by atomic mass is 16.5. The molecule has 1 atom stereocenters. The number of hydrogen-bond donors (Lipinski definition) is 3. The topological polar surface area (TPSA) is 87.2 Å². The Balaban J connectivity index is 1.99. The van der Waals surface area contributed by atoms with Crippen molar-refractivity contribution in [3.63, 3.8) is 0 Å². The molecular formula is C21H35N5O3. The Kier molecular flexibility index (Phi) is 7.99. The third-order valence-electron chi connectivity index (χ3n) is 4.47. The van der Waals surface area contributed by atoms with Crippen LogP contribution in [0.3, 0.4) is 0 Å². The second-order valence-electron chi connectivity index (χ2n) is 8.14. The highest BCUT2D eigenvalue weighted by Gasteiger charge is 2.24. The van der Waals surface area contributed by atoms with Crippen molar-refractivity contribution in [2.45, 2.75) is 45.7 Å². The molecule has 2 rings (SSSR count). The lowest BCUT2D eigenvalue weighted by molar-refractivity contribution is -0.121. The van der Waals surface area contributed by atoms with Crippen molar-refractivity contribution in [1.29, 1.82) is 0 Å². The van der Waals surface area contributed by atoms with Gasteiger partial charge in [0.1, 0.15) is 18.0 Å². The molecule has 0 aromatic heterocycles. The highest BCUT2D eigenvalue weighted by Crippen LogP contribution is 2.30. The van der Waals surface area contributed by atoms with Gasteiger partial charge in [0.15, 0.2) is 5.96 Å². The first-order valence-electron chi connectivity index (χ1n) is 10.1. The smallest absolute Gasteiger partial charge is 0.242 e. The number of methoxy groups -OCH3 is 2. The fourth-order valence-corrected chi connectivity index (χ4v) is 3.21. The molecule has 1 fully saturated rings. The van der Waals surface area contributed by atoms with Crippen molar-refractivity contribution in [3.05, 3.63) is 18.2 Å². The van der Waals surface area contributed by atoms with Gasteiger partial charge in [0, 0.05) is 55.1 Å². The quantitative estimate of drug-likeness (QED) is 0.473. The Morgan fingerprint density at radius 3 is 2.41 bits per heavy atom. The van der Waals surface area contributed by atoms with Gasteiger partial charge in [-0.05, 0) is 34.1 Å². The van der Waals surface area contributed by atoms with Crippen LogP contribution in [0, 0.1) is 0 Å². The Morgan fingerprint density at radius 1 is 1.21 bits per heavy atom. The van der Waals surface area contributed by atoms with Gasteiger partial charge in [0.05, 0.1) is 14.2 Å². The van der Waals surface area contributed by atoms with Crippen molar-refractivity contribution in [3.8, 4) is 11.5 Å². The summed E-state index contributed by atoms with van der Waals surface area (Å²) in [6.45, 7) is 10.4. The van der Waals surface area contributed by atoms with Gasteiger partial charge >= 0.3 is 0 Å². The van der Waals surface area contributed by atoms with Gasteiger partial charge in [-0.15, -0.1) is 0 Å². The maximum Gasteiger partial charge on any atom is 0.242 e. The van der Waals surface area contributed by atoms with E-state index in [2.05, 4.69) is 25.8 Å². The number of carbonyl (C=O) groups excluding carboxylic acids is 1. The third-order valence-corrected chi connectivity index (χ3v) is 4.47. The van der Waals surface area contributed by atoms with Crippen molar-refractivity contribution in [2.75, 3.05) is 45.3 Å². The summed E-state index contributed by atoms with van der Waals surface area (Å²) in [6.07, 6.45) is 0.970. The van der Waals surface area contributed by atoms with Crippen molar-refractivity contribution in [1.82, 2.24) is 16.0 Å². The van der Waals surface area contributed by atoms with Crippen LogP contribution < -0.4 is 30.3 Å². The molecule has 1 aliphatic heterocycles. The van der Waals surface area contributed by atoms with E-state index in [0.717, 1.165) is 43.2 Å². The molecule has 8 nitrogen and oxygen atoms in total. The van der Waals surface area contributed by atoms with Crippen LogP contribution in [0.15, 0.2) is 23.2 Å². The predicted octanol–water partition coefficient (Wildman–Crippen LogP) is 1.75. The van der Waals surface area contributed by atoms with Gasteiger partial charge in [0.2, 0.25) is 5.91 Å². The van der Waals surface area contributed by atoms with E-state index in [4.69, 9.17) is 9.47 Å². The molecule has 1 heterocycles. The number of anilines is 1. The molecule has 0 aliphatic carbocycles. The van der Waals surface area contributed by atoms with E-state index in [1.165, 1.54) is 0 Å². The number of benzene rings is 1. The summed E-state index contributed by atoms with van der Waals surface area (Å²) in [7, 11) is 3.31. The molecule has 0 bridgehead atoms. The van der Waals surface area contributed by atoms with Gasteiger partial charge in [-0.1, -0.05) is 0 Å². The van der Waals surface area contributed by atoms with E-state index in [1.807, 2.05) is 45.9 Å². The zero-order valence-corrected chi connectivity index (χ0v) is 18.5. The summed E-state index contributed by atoms with van der Waals surface area (Å²) in [5.41, 5.74) is 0.805. The molecule has 162 valence electrons. The Bertz CT molecular complexity index is 693. The van der Waals surface area contributed by atoms with Gasteiger partial charge in [-0.3, -0.25) is 4.79 Å². The molecule has 3 N–H and O–H groups in total. The standard InChI is InChI=1S/C21H35N5O3/c1-7-22-20(23-13-19(27)25-21(2,3)4)24-15-8-9-26(14-15)16-10-17(28-5)12-18(11-16)29-6/h10-12,15H,7-9,13-14H2,1-6H3,(H,25,27)(H2,22,23,24). The molecule has 29 heavy (non-hydrogen) atoms. The Hall–Kier alpha value is -2.64. The average Bonchev–Trinajstić information content (AvgIpc) is 3.13. The van der Waals surface area contributed by atoms with Crippen LogP contribution in [-0.4, -0.2) is 63.8 Å². The zero-order chi connectivity index (χ0) is 21.4. The molecule has 0 spiro atoms. The van der Waals surface area contributed by atoms with Crippen LogP contribution in [-0.2, 0) is 4.79 Å². The largest absolute Gasteiger partial charge is 0.497 e. The monoisotopic (exact) mass is 405 g/mol. The molecule has 0 radical (unpaired) electrons. The molecule has 1 aromatic rings. The SMILES string of the molecule is CCNC(=NCC(=O)NC(C)(C)C)NC1CCN(c2cc(OC)cc(OC)c2)C1. The van der Waals surface area contributed by atoms with Crippen LogP contribution in [0.4, 0.5) is 5.69 Å². The summed E-state index contributed by atoms with van der Waals surface area (Å²) >= 11 is 0. The molecule has 0 saturated carbocycles. The minimum atomic E-state index is -0.262. The average molecular weight is 406 g/mol. The lowest BCUT2D eigenvalue weighted by Crippen LogP contribution is -2.46. The normalized spacial score (nSPS) is 17.1. The van der Waals surface area contributed by atoms with E-state index in [1.54, 1.807) is 14.2 Å². The lowest BCUT2D eigenvalue weighted by atomic mass is 10.1. The van der Waals surface area contributed by atoms with Crippen LogP contribution in [0.1, 0.15) is 34.1 Å². The first kappa shape index (κ1) is 22.6. The number of aliphatic imine (C=N–C) groups is 1. The van der Waals surface area contributed by atoms with Crippen molar-refractivity contribution < 1.29 is 14.3 Å². The van der Waals surface area contributed by atoms with E-state index in [-0.39, 0.29) is 24.0 Å². The van der Waals surface area contributed by atoms with E-state index >= 15 is 0 Å². The maximum absolute atomic E-state index is 12.1. The lowest BCUT2D eigenvalue weighted by Gasteiger charge is -2.22. The van der Waals surface area contributed by atoms with Crippen LogP contribution in [0.5, 0.6) is 11.5 Å². The van der Waals surface area contributed by atoms with Gasteiger partial charge < -0.3 is 30.3 Å². The van der Waals surface area contributed by atoms with E-state index in [0.29, 0.717) is 5.96 Å². The maximum atomic E-state index is 12.1. The Labute approximate surface area is 174 Å². The van der Waals surface area contributed by atoms with Crippen molar-refractivity contribution >= 4 is 17.6 Å². The fourth-order valence-electron chi connectivity index (χ4n) is 3.21. The first-order chi connectivity index (χ1) is 13.7. The molecule has 8 heteroatoms. The van der Waals surface area contributed by atoms with Crippen LogP contribution in [0.2, 0.25) is 0 Å². The summed E-state index contributed by atoms with van der Waals surface area (Å²) in [6, 6.07) is 6.13. The molecule has 1 aliphatic rings. The summed E-state index contributed by atoms with van der Waals surface area (Å²) in [5, 5.41) is 9.59. The number of nitrogens with one attached hydrogen (secondary N) is 3. The minimum Gasteiger partial charge on any atom is -0.497 e. The predicted molar refractivity (Wildman–Crippen MR) is 117 cm³/mol. The first-order valence-corrected chi connectivity index (χ1v) is 10.1. The number of hydrogen-bond acceptors (Lipinski definition) is 5. The van der Waals surface area contributed by atoms with Crippen molar-refractivity contribution in [2.24, 2.45) is 4.99 Å². The summed E-state index contributed by atoms with van der Waals surface area (Å²) in [4.78, 5) is 18.8. The number of ether oxygens (including phenoxy) is 2. The molecule has 1 unspecified atom stereocenters. The molecular weight excluding hydrogens is 370 g/mol. The second-order valence-corrected chi connectivity index (χ2v) is 8.14. The zero-order valence-electron chi connectivity index (χ0n) is 18.5. The number of rotatable bonds is 7. The molecule has 1 amide bonds. The molecule has 1 aromatic carbocycles. The van der Waals surface area contributed by atoms with Crippen LogP contribution >= 0.6 is 0 Å². The van der Waals surface area contributed by atoms with Gasteiger partial charge in [-0.2, -0.15) is 0 Å². The Morgan fingerprint density at radius 2 is 1.86 bits per heavy atom. The minimum absolute atomic E-state index is 0.0915. The highest BCUT2D eigenvalue weighted by molar-refractivity contribution is 5.85. The summed E-state index contributed by atoms with van der Waals surface area (Å²) < 4.78 is 10.8. The van der Waals surface area contributed by atoms with Crippen LogP contribution in [0.25, 0.3) is 0 Å². The van der Waals surface area contributed by atoms with E-state index in [9.17, 15) is 4.79 Å². The summed E-state index contributed by atoms with van der Waals surface area (Å²) in [5.74, 6) is 2.11.